The summed E-state index contributed by atoms with van der Waals surface area (Å²) in [5.74, 6) is 0. The van der Waals surface area contributed by atoms with E-state index in [1.807, 2.05) is 5.32 Å². The van der Waals surface area contributed by atoms with Gasteiger partial charge >= 0.3 is 12.1 Å². The topological polar surface area (TPSA) is 113 Å². The third-order valence-electron chi connectivity index (χ3n) is 2.22. The average Bonchev–Trinajstić information content (AvgIpc) is 2.28. The van der Waals surface area contributed by atoms with Gasteiger partial charge in [-0.2, -0.15) is 0 Å². The van der Waals surface area contributed by atoms with Crippen LogP contribution in [0.15, 0.2) is 24.3 Å². The maximum Gasteiger partial charge on any atom is 0.324 e. The Labute approximate surface area is 95.1 Å². The second-order valence-electron chi connectivity index (χ2n) is 3.35. The van der Waals surface area contributed by atoms with Crippen molar-refractivity contribution in [3.63, 3.8) is 0 Å². The molecule has 1 aliphatic rings. The molecular weight excluding hydrogens is 228 g/mol. The lowest BCUT2D eigenvalue weighted by atomic mass is 10.1. The summed E-state index contributed by atoms with van der Waals surface area (Å²) < 4.78 is 0. The van der Waals surface area contributed by atoms with Crippen LogP contribution in [0.1, 0.15) is 11.7 Å². The Balaban J connectivity index is 2.19. The minimum Gasteiger partial charge on any atom is -0.313 e. The number of nitrogens with zero attached hydrogens (tertiary/aromatic N) is 1. The smallest absolute Gasteiger partial charge is 0.313 e. The molecule has 1 aromatic rings. The van der Waals surface area contributed by atoms with Crippen LogP contribution in [-0.4, -0.2) is 17.0 Å². The van der Waals surface area contributed by atoms with E-state index in [1.165, 1.54) is 24.3 Å². The van der Waals surface area contributed by atoms with E-state index < -0.39 is 23.2 Å². The highest BCUT2D eigenvalue weighted by molar-refractivity contribution is 5.96. The number of benzene rings is 1. The summed E-state index contributed by atoms with van der Waals surface area (Å²) in [6.07, 6.45) is -0.683. The number of rotatable bonds is 2. The highest BCUT2D eigenvalue weighted by Gasteiger charge is 2.23. The highest BCUT2D eigenvalue weighted by atomic mass is 16.6. The Bertz CT molecular complexity index is 468. The van der Waals surface area contributed by atoms with Crippen LogP contribution >= 0.6 is 0 Å². The highest BCUT2D eigenvalue weighted by Crippen LogP contribution is 2.17. The Morgan fingerprint density at radius 2 is 1.59 bits per heavy atom. The zero-order chi connectivity index (χ0) is 12.4. The summed E-state index contributed by atoms with van der Waals surface area (Å²) in [4.78, 5) is 32.0. The summed E-state index contributed by atoms with van der Waals surface area (Å²) in [6.45, 7) is 0. The van der Waals surface area contributed by atoms with Crippen LogP contribution in [0.5, 0.6) is 0 Å². The Morgan fingerprint density at radius 1 is 1.06 bits per heavy atom. The fourth-order valence-corrected chi connectivity index (χ4v) is 1.43. The second kappa shape index (κ2) is 4.08. The minimum absolute atomic E-state index is 0.0552. The lowest BCUT2D eigenvalue weighted by molar-refractivity contribution is -0.384. The molecule has 0 aliphatic carbocycles. The number of nitrogens with one attached hydrogen (secondary N) is 3. The van der Waals surface area contributed by atoms with Gasteiger partial charge in [0.15, 0.2) is 0 Å². The molecule has 17 heavy (non-hydrogen) atoms. The van der Waals surface area contributed by atoms with Crippen LogP contribution in [0, 0.1) is 10.1 Å². The summed E-state index contributed by atoms with van der Waals surface area (Å²) in [7, 11) is 0. The van der Waals surface area contributed by atoms with Crippen molar-refractivity contribution < 1.29 is 14.5 Å². The number of imide groups is 1. The number of carbonyl (C=O) groups excluding carboxylic acids is 2. The van der Waals surface area contributed by atoms with E-state index in [-0.39, 0.29) is 5.69 Å². The first-order chi connectivity index (χ1) is 8.06. The molecule has 0 bridgehead atoms. The van der Waals surface area contributed by atoms with Crippen LogP contribution in [0.25, 0.3) is 0 Å². The quantitative estimate of drug-likeness (QED) is 0.515. The van der Waals surface area contributed by atoms with Crippen molar-refractivity contribution in [1.29, 1.82) is 0 Å². The number of urea groups is 2. The lowest BCUT2D eigenvalue weighted by Crippen LogP contribution is -2.56. The molecule has 8 heteroatoms. The number of nitro benzene ring substituents is 1. The van der Waals surface area contributed by atoms with Gasteiger partial charge in [-0.3, -0.25) is 15.4 Å². The third-order valence-corrected chi connectivity index (χ3v) is 2.22. The van der Waals surface area contributed by atoms with Gasteiger partial charge in [-0.15, -0.1) is 0 Å². The van der Waals surface area contributed by atoms with Crippen LogP contribution in [0.3, 0.4) is 0 Å². The number of non-ortho nitro benzene ring substituents is 1. The van der Waals surface area contributed by atoms with Crippen LogP contribution < -0.4 is 16.0 Å². The van der Waals surface area contributed by atoms with Gasteiger partial charge in [0.25, 0.3) is 5.69 Å². The number of hydrogen-bond acceptors (Lipinski definition) is 4. The van der Waals surface area contributed by atoms with Gasteiger partial charge in [0, 0.05) is 12.1 Å². The Morgan fingerprint density at radius 3 is 2.06 bits per heavy atom. The monoisotopic (exact) mass is 236 g/mol. The van der Waals surface area contributed by atoms with Gasteiger partial charge in [-0.1, -0.05) is 0 Å². The molecule has 1 fully saturated rings. The first kappa shape index (κ1) is 10.9. The molecular formula is C9H8N4O4. The molecule has 0 atom stereocenters. The minimum atomic E-state index is -0.683. The lowest BCUT2D eigenvalue weighted by Gasteiger charge is -2.25. The largest absolute Gasteiger partial charge is 0.324 e. The molecule has 1 saturated heterocycles. The predicted octanol–water partition coefficient (Wildman–Crippen LogP) is 0.616. The van der Waals surface area contributed by atoms with Crippen molar-refractivity contribution in [2.75, 3.05) is 0 Å². The molecule has 0 spiro atoms. The van der Waals surface area contributed by atoms with Gasteiger partial charge in [-0.05, 0) is 17.7 Å². The van der Waals surface area contributed by atoms with Crippen molar-refractivity contribution in [3.05, 3.63) is 39.9 Å². The molecule has 1 heterocycles. The third kappa shape index (κ3) is 2.30. The van der Waals surface area contributed by atoms with E-state index in [2.05, 4.69) is 10.6 Å². The second-order valence-corrected chi connectivity index (χ2v) is 3.35. The number of nitro groups is 1. The summed E-state index contributed by atoms with van der Waals surface area (Å²) >= 11 is 0. The standard InChI is InChI=1S/C9H8N4O4/c14-8-10-7(11-9(15)12-8)5-1-3-6(4-2-5)13(16)17/h1-4,7H,(H3,10,11,12,14,15). The van der Waals surface area contributed by atoms with Gasteiger partial charge in [0.05, 0.1) is 4.92 Å². The normalized spacial score (nSPS) is 15.8. The zero-order valence-corrected chi connectivity index (χ0v) is 8.47. The van der Waals surface area contributed by atoms with Gasteiger partial charge in [-0.25, -0.2) is 9.59 Å². The van der Waals surface area contributed by atoms with Crippen LogP contribution in [0.4, 0.5) is 15.3 Å². The molecule has 1 aromatic carbocycles. The first-order valence-corrected chi connectivity index (χ1v) is 4.68. The van der Waals surface area contributed by atoms with Crippen LogP contribution in [0.2, 0.25) is 0 Å². The van der Waals surface area contributed by atoms with E-state index >= 15 is 0 Å². The molecule has 1 aliphatic heterocycles. The van der Waals surface area contributed by atoms with E-state index in [4.69, 9.17) is 0 Å². The summed E-state index contributed by atoms with van der Waals surface area (Å²) in [5.41, 5.74) is 0.499. The first-order valence-electron chi connectivity index (χ1n) is 4.68. The molecule has 2 rings (SSSR count). The zero-order valence-electron chi connectivity index (χ0n) is 8.47. The van der Waals surface area contributed by atoms with Crippen LogP contribution in [-0.2, 0) is 0 Å². The SMILES string of the molecule is O=C1NC(=O)NC(c2ccc([N+](=O)[O-])cc2)N1. The predicted molar refractivity (Wildman–Crippen MR) is 56.0 cm³/mol. The summed E-state index contributed by atoms with van der Waals surface area (Å²) in [5, 5.41) is 17.4. The molecule has 0 saturated carbocycles. The molecule has 4 amide bonds. The fraction of sp³-hybridized carbons (Fsp3) is 0.111. The number of carbonyl (C=O) groups is 2. The maximum atomic E-state index is 11.0. The van der Waals surface area contributed by atoms with Gasteiger partial charge in [0.2, 0.25) is 0 Å². The average molecular weight is 236 g/mol. The molecule has 0 aromatic heterocycles. The number of amides is 4. The summed E-state index contributed by atoms with van der Waals surface area (Å²) in [6, 6.07) is 4.31. The van der Waals surface area contributed by atoms with Crippen molar-refractivity contribution >= 4 is 17.7 Å². The van der Waals surface area contributed by atoms with Crippen molar-refractivity contribution in [2.45, 2.75) is 6.17 Å². The van der Waals surface area contributed by atoms with Crippen molar-refractivity contribution in [2.24, 2.45) is 0 Å². The van der Waals surface area contributed by atoms with E-state index in [9.17, 15) is 19.7 Å². The number of hydrogen-bond donors (Lipinski definition) is 3. The molecule has 0 radical (unpaired) electrons. The molecule has 3 N–H and O–H groups in total. The van der Waals surface area contributed by atoms with E-state index in [0.717, 1.165) is 0 Å². The maximum absolute atomic E-state index is 11.0. The van der Waals surface area contributed by atoms with Gasteiger partial charge in [0.1, 0.15) is 6.17 Å². The molecule has 0 unspecified atom stereocenters. The van der Waals surface area contributed by atoms with Crippen molar-refractivity contribution in [3.8, 4) is 0 Å². The van der Waals surface area contributed by atoms with E-state index in [1.54, 1.807) is 0 Å². The molecule has 88 valence electrons. The van der Waals surface area contributed by atoms with Gasteiger partial charge < -0.3 is 10.6 Å². The Kier molecular flexibility index (Phi) is 2.61. The van der Waals surface area contributed by atoms with E-state index in [0.29, 0.717) is 5.56 Å². The fourth-order valence-electron chi connectivity index (χ4n) is 1.43. The molecule has 8 nitrogen and oxygen atoms in total. The Hall–Kier alpha value is -2.64. The van der Waals surface area contributed by atoms with Crippen molar-refractivity contribution in [1.82, 2.24) is 16.0 Å².